The second kappa shape index (κ2) is 12.9. The van der Waals surface area contributed by atoms with Crippen LogP contribution >= 0.6 is 24.0 Å². The molecule has 2 aromatic rings. The number of ether oxygens (including phenoxy) is 1. The average molecular weight is 544 g/mol. The summed E-state index contributed by atoms with van der Waals surface area (Å²) in [6.07, 6.45) is 5.88. The number of aryl methyl sites for hydroxylation is 2. The van der Waals surface area contributed by atoms with E-state index in [0.29, 0.717) is 12.6 Å². The Morgan fingerprint density at radius 3 is 2.87 bits per heavy atom. The fourth-order valence-electron chi connectivity index (χ4n) is 4.15. The number of furan rings is 1. The fraction of sp³-hybridized carbons (Fsp3) is 0.636. The van der Waals surface area contributed by atoms with E-state index in [-0.39, 0.29) is 24.0 Å². The topological polar surface area (TPSA) is 79.8 Å². The Hall–Kier alpha value is -1.75. The molecule has 2 N–H and O–H groups in total. The molecule has 174 valence electrons. The molecular weight excluding hydrogens is 507 g/mol. The molecule has 0 saturated carbocycles. The summed E-state index contributed by atoms with van der Waals surface area (Å²) in [7, 11) is 3.59. The summed E-state index contributed by atoms with van der Waals surface area (Å²) in [4.78, 5) is 7.40. The molecular formula is C22H37IN6O2. The highest BCUT2D eigenvalue weighted by Gasteiger charge is 2.23. The van der Waals surface area contributed by atoms with Gasteiger partial charge in [-0.25, -0.2) is 9.67 Å². The van der Waals surface area contributed by atoms with Gasteiger partial charge in [-0.05, 0) is 44.5 Å². The second-order valence-electron chi connectivity index (χ2n) is 7.64. The smallest absolute Gasteiger partial charge is 0.216 e. The summed E-state index contributed by atoms with van der Waals surface area (Å²) in [6, 6.07) is 4.48. The summed E-state index contributed by atoms with van der Waals surface area (Å²) >= 11 is 0. The number of aromatic nitrogens is 2. The maximum absolute atomic E-state index is 5.56. The highest BCUT2D eigenvalue weighted by molar-refractivity contribution is 14.0. The van der Waals surface area contributed by atoms with Crippen LogP contribution in [0.4, 0.5) is 0 Å². The van der Waals surface area contributed by atoms with Crippen LogP contribution in [0.5, 0.6) is 5.88 Å². The zero-order valence-electron chi connectivity index (χ0n) is 19.2. The molecule has 0 amide bonds. The van der Waals surface area contributed by atoms with Crippen molar-refractivity contribution in [1.29, 1.82) is 0 Å². The minimum atomic E-state index is 0. The van der Waals surface area contributed by atoms with Crippen molar-refractivity contribution in [2.75, 3.05) is 33.3 Å². The van der Waals surface area contributed by atoms with Crippen LogP contribution in [0.3, 0.4) is 0 Å². The lowest BCUT2D eigenvalue weighted by Crippen LogP contribution is -2.45. The third-order valence-corrected chi connectivity index (χ3v) is 5.75. The van der Waals surface area contributed by atoms with Crippen molar-refractivity contribution in [3.05, 3.63) is 35.4 Å². The number of nitrogens with zero attached hydrogens (tertiary/aromatic N) is 4. The number of nitrogens with one attached hydrogen (secondary N) is 2. The molecule has 2 aromatic heterocycles. The Morgan fingerprint density at radius 2 is 2.19 bits per heavy atom. The molecule has 31 heavy (non-hydrogen) atoms. The predicted molar refractivity (Wildman–Crippen MR) is 134 cm³/mol. The number of likely N-dealkylation sites (N-methyl/N-ethyl adjacent to an activating group) is 1. The van der Waals surface area contributed by atoms with Crippen molar-refractivity contribution < 1.29 is 9.15 Å². The molecule has 1 unspecified atom stereocenters. The largest absolute Gasteiger partial charge is 0.481 e. The molecule has 0 aliphatic carbocycles. The highest BCUT2D eigenvalue weighted by atomic mass is 127. The monoisotopic (exact) mass is 544 g/mol. The minimum Gasteiger partial charge on any atom is -0.481 e. The van der Waals surface area contributed by atoms with Gasteiger partial charge in [0.25, 0.3) is 0 Å². The predicted octanol–water partition coefficient (Wildman–Crippen LogP) is 2.96. The van der Waals surface area contributed by atoms with E-state index in [1.165, 1.54) is 19.4 Å². The van der Waals surface area contributed by atoms with E-state index in [1.54, 1.807) is 18.1 Å². The number of rotatable bonds is 10. The standard InChI is InChI=1S/C22H36N6O2.HI/c1-5-20-19(21(29-4)27(3)26-20)16-25-22(23-12-11-18-10-8-14-30-18)24-15-17-9-7-13-28(17)6-2;/h8,10,14,17H,5-7,9,11-13,15-16H2,1-4H3,(H2,23,24,25);1H. The first-order valence-corrected chi connectivity index (χ1v) is 11.0. The molecule has 0 bridgehead atoms. The van der Waals surface area contributed by atoms with E-state index in [2.05, 4.69) is 34.5 Å². The van der Waals surface area contributed by atoms with Gasteiger partial charge in [0.05, 0.1) is 31.2 Å². The molecule has 1 aliphatic rings. The summed E-state index contributed by atoms with van der Waals surface area (Å²) in [6.45, 7) is 8.80. The van der Waals surface area contributed by atoms with Gasteiger partial charge < -0.3 is 19.8 Å². The Kier molecular flexibility index (Phi) is 10.7. The highest BCUT2D eigenvalue weighted by Crippen LogP contribution is 2.23. The van der Waals surface area contributed by atoms with E-state index < -0.39 is 0 Å². The van der Waals surface area contributed by atoms with Crippen molar-refractivity contribution in [3.63, 3.8) is 0 Å². The summed E-state index contributed by atoms with van der Waals surface area (Å²) < 4.78 is 12.8. The molecule has 9 heteroatoms. The zero-order valence-corrected chi connectivity index (χ0v) is 21.5. The number of aliphatic imine (C=N–C) groups is 1. The minimum absolute atomic E-state index is 0. The molecule has 3 heterocycles. The van der Waals surface area contributed by atoms with Crippen LogP contribution in [0.1, 0.15) is 43.7 Å². The maximum Gasteiger partial charge on any atom is 0.216 e. The lowest BCUT2D eigenvalue weighted by atomic mass is 10.2. The van der Waals surface area contributed by atoms with Crippen LogP contribution in [0.2, 0.25) is 0 Å². The van der Waals surface area contributed by atoms with Crippen LogP contribution in [0.25, 0.3) is 0 Å². The van der Waals surface area contributed by atoms with Gasteiger partial charge in [-0.1, -0.05) is 13.8 Å². The number of methoxy groups -OCH3 is 1. The van der Waals surface area contributed by atoms with Gasteiger partial charge in [-0.2, -0.15) is 5.10 Å². The van der Waals surface area contributed by atoms with E-state index in [4.69, 9.17) is 14.1 Å². The van der Waals surface area contributed by atoms with Crippen LogP contribution < -0.4 is 15.4 Å². The SMILES string of the molecule is CCc1nn(C)c(OC)c1CN=C(NCCc1ccco1)NCC1CCCN1CC.I. The van der Waals surface area contributed by atoms with E-state index in [1.807, 2.05) is 19.2 Å². The number of halogens is 1. The van der Waals surface area contributed by atoms with Crippen molar-refractivity contribution in [3.8, 4) is 5.88 Å². The van der Waals surface area contributed by atoms with E-state index >= 15 is 0 Å². The number of hydrogen-bond acceptors (Lipinski definition) is 5. The van der Waals surface area contributed by atoms with Gasteiger partial charge in [0.2, 0.25) is 5.88 Å². The Bertz CT molecular complexity index is 805. The molecule has 8 nitrogen and oxygen atoms in total. The van der Waals surface area contributed by atoms with Gasteiger partial charge in [-0.3, -0.25) is 4.90 Å². The molecule has 1 aliphatic heterocycles. The quantitative estimate of drug-likeness (QED) is 0.272. The number of guanidine groups is 1. The van der Waals surface area contributed by atoms with Crippen LogP contribution in [-0.2, 0) is 26.4 Å². The summed E-state index contributed by atoms with van der Waals surface area (Å²) in [5.41, 5.74) is 2.08. The Labute approximate surface area is 202 Å². The lowest BCUT2D eigenvalue weighted by Gasteiger charge is -2.24. The molecule has 1 fully saturated rings. The molecule has 3 rings (SSSR count). The molecule has 0 aromatic carbocycles. The zero-order chi connectivity index (χ0) is 21.3. The summed E-state index contributed by atoms with van der Waals surface area (Å²) in [5, 5.41) is 11.6. The van der Waals surface area contributed by atoms with Crippen LogP contribution in [0.15, 0.2) is 27.8 Å². The van der Waals surface area contributed by atoms with Gasteiger partial charge in [0.1, 0.15) is 5.76 Å². The van der Waals surface area contributed by atoms with Gasteiger partial charge >= 0.3 is 0 Å². The van der Waals surface area contributed by atoms with Gasteiger partial charge in [0.15, 0.2) is 5.96 Å². The van der Waals surface area contributed by atoms with E-state index in [9.17, 15) is 0 Å². The molecule has 1 saturated heterocycles. The van der Waals surface area contributed by atoms with Gasteiger partial charge in [0, 0.05) is 32.6 Å². The number of likely N-dealkylation sites (tertiary alicyclic amines) is 1. The maximum atomic E-state index is 5.56. The van der Waals surface area contributed by atoms with Crippen LogP contribution in [-0.4, -0.2) is 60.0 Å². The normalized spacial score (nSPS) is 16.9. The first-order valence-electron chi connectivity index (χ1n) is 11.0. The Balaban J connectivity index is 0.00000341. The average Bonchev–Trinajstić information content (AvgIpc) is 3.49. The lowest BCUT2D eigenvalue weighted by molar-refractivity contribution is 0.267. The Morgan fingerprint density at radius 1 is 1.35 bits per heavy atom. The van der Waals surface area contributed by atoms with Crippen LogP contribution in [0, 0.1) is 0 Å². The molecule has 0 spiro atoms. The van der Waals surface area contributed by atoms with Crippen molar-refractivity contribution in [2.24, 2.45) is 12.0 Å². The van der Waals surface area contributed by atoms with Crippen molar-refractivity contribution in [1.82, 2.24) is 25.3 Å². The molecule has 1 atom stereocenters. The molecule has 0 radical (unpaired) electrons. The van der Waals surface area contributed by atoms with E-state index in [0.717, 1.165) is 61.3 Å². The third-order valence-electron chi connectivity index (χ3n) is 5.75. The number of hydrogen-bond donors (Lipinski definition) is 2. The fourth-order valence-corrected chi connectivity index (χ4v) is 4.15. The van der Waals surface area contributed by atoms with Crippen molar-refractivity contribution in [2.45, 2.75) is 52.1 Å². The first kappa shape index (κ1) is 25.5. The van der Waals surface area contributed by atoms with Gasteiger partial charge in [-0.15, -0.1) is 24.0 Å². The summed E-state index contributed by atoms with van der Waals surface area (Å²) in [5.74, 6) is 2.56. The van der Waals surface area contributed by atoms with Crippen molar-refractivity contribution >= 4 is 29.9 Å². The third kappa shape index (κ3) is 6.86. The second-order valence-corrected chi connectivity index (χ2v) is 7.64. The first-order chi connectivity index (χ1) is 14.7.